The molecule has 0 saturated carbocycles. The van der Waals surface area contributed by atoms with E-state index in [1.165, 1.54) is 23.9 Å². The first-order valence-electron chi connectivity index (χ1n) is 6.47. The molecule has 0 atom stereocenters. The average molecular weight is 301 g/mol. The van der Waals surface area contributed by atoms with Crippen LogP contribution in [0.5, 0.6) is 11.5 Å². The molecule has 0 amide bonds. The minimum absolute atomic E-state index is 0.293. The van der Waals surface area contributed by atoms with Gasteiger partial charge in [-0.1, -0.05) is 0 Å². The fourth-order valence-corrected chi connectivity index (χ4v) is 2.93. The van der Waals surface area contributed by atoms with E-state index < -0.39 is 0 Å². The Morgan fingerprint density at radius 3 is 2.71 bits per heavy atom. The van der Waals surface area contributed by atoms with Crippen LogP contribution in [0, 0.1) is 17.1 Å². The van der Waals surface area contributed by atoms with Gasteiger partial charge in [-0.05, 0) is 42.0 Å². The van der Waals surface area contributed by atoms with Gasteiger partial charge in [-0.2, -0.15) is 5.26 Å². The molecule has 0 aromatic heterocycles. The molecule has 0 unspecified atom stereocenters. The van der Waals surface area contributed by atoms with E-state index in [9.17, 15) is 4.39 Å². The summed E-state index contributed by atoms with van der Waals surface area (Å²) in [6, 6.07) is 12.1. The van der Waals surface area contributed by atoms with E-state index in [4.69, 9.17) is 14.7 Å². The zero-order chi connectivity index (χ0) is 14.7. The minimum Gasteiger partial charge on any atom is -0.486 e. The second kappa shape index (κ2) is 6.06. The van der Waals surface area contributed by atoms with Crippen molar-refractivity contribution in [3.63, 3.8) is 0 Å². The van der Waals surface area contributed by atoms with Crippen LogP contribution in [-0.4, -0.2) is 13.2 Å². The topological polar surface area (TPSA) is 42.2 Å². The monoisotopic (exact) mass is 301 g/mol. The standard InChI is InChI=1S/C16H12FNO2S/c17-14-3-1-11(9-18)7-12(14)10-21-13-2-4-15-16(8-13)20-6-5-19-15/h1-4,7-8H,5-6,10H2. The average Bonchev–Trinajstić information content (AvgIpc) is 2.54. The predicted molar refractivity (Wildman–Crippen MR) is 78.1 cm³/mol. The summed E-state index contributed by atoms with van der Waals surface area (Å²) >= 11 is 1.49. The molecule has 3 nitrogen and oxygen atoms in total. The van der Waals surface area contributed by atoms with Gasteiger partial charge < -0.3 is 9.47 Å². The zero-order valence-corrected chi connectivity index (χ0v) is 12.0. The van der Waals surface area contributed by atoms with Crippen LogP contribution in [0.25, 0.3) is 0 Å². The molecule has 5 heteroatoms. The molecular formula is C16H12FNO2S. The normalized spacial score (nSPS) is 12.8. The Kier molecular flexibility index (Phi) is 3.98. The third kappa shape index (κ3) is 3.11. The van der Waals surface area contributed by atoms with Gasteiger partial charge in [-0.25, -0.2) is 4.39 Å². The molecule has 0 N–H and O–H groups in total. The number of ether oxygens (including phenoxy) is 2. The minimum atomic E-state index is -0.293. The quantitative estimate of drug-likeness (QED) is 0.810. The lowest BCUT2D eigenvalue weighted by Crippen LogP contribution is -2.15. The summed E-state index contributed by atoms with van der Waals surface area (Å²) < 4.78 is 24.7. The van der Waals surface area contributed by atoms with Crippen LogP contribution in [0.3, 0.4) is 0 Å². The van der Waals surface area contributed by atoms with Crippen molar-refractivity contribution in [1.29, 1.82) is 5.26 Å². The van der Waals surface area contributed by atoms with Crippen molar-refractivity contribution >= 4 is 11.8 Å². The van der Waals surface area contributed by atoms with Crippen molar-refractivity contribution < 1.29 is 13.9 Å². The predicted octanol–water partition coefficient (Wildman–Crippen LogP) is 3.76. The smallest absolute Gasteiger partial charge is 0.162 e. The van der Waals surface area contributed by atoms with Gasteiger partial charge in [0.15, 0.2) is 11.5 Å². The van der Waals surface area contributed by atoms with E-state index in [-0.39, 0.29) is 5.82 Å². The molecule has 0 spiro atoms. The summed E-state index contributed by atoms with van der Waals surface area (Å²) in [5.74, 6) is 1.63. The van der Waals surface area contributed by atoms with Gasteiger partial charge >= 0.3 is 0 Å². The van der Waals surface area contributed by atoms with Crippen molar-refractivity contribution in [2.75, 3.05) is 13.2 Å². The molecular weight excluding hydrogens is 289 g/mol. The number of nitriles is 1. The highest BCUT2D eigenvalue weighted by Gasteiger charge is 2.12. The second-order valence-corrected chi connectivity index (χ2v) is 5.56. The Balaban J connectivity index is 1.74. The molecule has 1 aliphatic rings. The molecule has 0 saturated heterocycles. The summed E-state index contributed by atoms with van der Waals surface area (Å²) in [7, 11) is 0. The van der Waals surface area contributed by atoms with E-state index >= 15 is 0 Å². The Labute approximate surface area is 126 Å². The van der Waals surface area contributed by atoms with Gasteiger partial charge in [-0.15, -0.1) is 11.8 Å². The lowest BCUT2D eigenvalue weighted by Gasteiger charge is -2.18. The molecule has 0 fully saturated rings. The van der Waals surface area contributed by atoms with Gasteiger partial charge in [0.25, 0.3) is 0 Å². The van der Waals surface area contributed by atoms with Gasteiger partial charge in [-0.3, -0.25) is 0 Å². The molecule has 3 rings (SSSR count). The first-order chi connectivity index (χ1) is 10.3. The summed E-state index contributed by atoms with van der Waals surface area (Å²) in [6.07, 6.45) is 0. The molecule has 0 radical (unpaired) electrons. The Hall–Kier alpha value is -2.19. The zero-order valence-electron chi connectivity index (χ0n) is 11.1. The first-order valence-corrected chi connectivity index (χ1v) is 7.46. The molecule has 0 aliphatic carbocycles. The van der Waals surface area contributed by atoms with E-state index in [2.05, 4.69) is 0 Å². The second-order valence-electron chi connectivity index (χ2n) is 4.51. The number of benzene rings is 2. The third-order valence-electron chi connectivity index (χ3n) is 3.08. The molecule has 2 aromatic carbocycles. The SMILES string of the molecule is N#Cc1ccc(F)c(CSc2ccc3c(c2)OCCO3)c1. The van der Waals surface area contributed by atoms with Gasteiger partial charge in [0.1, 0.15) is 19.0 Å². The maximum atomic E-state index is 13.7. The lowest BCUT2D eigenvalue weighted by molar-refractivity contribution is 0.171. The number of thioether (sulfide) groups is 1. The summed E-state index contributed by atoms with van der Waals surface area (Å²) in [6.45, 7) is 1.10. The Morgan fingerprint density at radius 2 is 1.90 bits per heavy atom. The number of rotatable bonds is 3. The number of nitrogens with zero attached hydrogens (tertiary/aromatic N) is 1. The van der Waals surface area contributed by atoms with Gasteiger partial charge in [0.2, 0.25) is 0 Å². The maximum absolute atomic E-state index is 13.7. The fraction of sp³-hybridized carbons (Fsp3) is 0.188. The number of hydrogen-bond acceptors (Lipinski definition) is 4. The van der Waals surface area contributed by atoms with Crippen molar-refractivity contribution in [3.8, 4) is 17.6 Å². The fourth-order valence-electron chi connectivity index (χ4n) is 2.03. The van der Waals surface area contributed by atoms with Crippen molar-refractivity contribution in [1.82, 2.24) is 0 Å². The van der Waals surface area contributed by atoms with Crippen LogP contribution in [0.4, 0.5) is 4.39 Å². The number of fused-ring (bicyclic) bond motifs is 1. The summed E-state index contributed by atoms with van der Waals surface area (Å²) in [5, 5.41) is 8.86. The van der Waals surface area contributed by atoms with E-state index in [0.29, 0.717) is 30.1 Å². The highest BCUT2D eigenvalue weighted by molar-refractivity contribution is 7.98. The maximum Gasteiger partial charge on any atom is 0.162 e. The van der Waals surface area contributed by atoms with E-state index in [1.807, 2.05) is 24.3 Å². The van der Waals surface area contributed by atoms with Crippen LogP contribution in [0.2, 0.25) is 0 Å². The van der Waals surface area contributed by atoms with Gasteiger partial charge in [0, 0.05) is 10.6 Å². The van der Waals surface area contributed by atoms with E-state index in [1.54, 1.807) is 6.07 Å². The molecule has 2 aromatic rings. The molecule has 21 heavy (non-hydrogen) atoms. The number of halogens is 1. The van der Waals surface area contributed by atoms with Crippen LogP contribution >= 0.6 is 11.8 Å². The van der Waals surface area contributed by atoms with Crippen LogP contribution in [-0.2, 0) is 5.75 Å². The molecule has 1 heterocycles. The van der Waals surface area contributed by atoms with Crippen molar-refractivity contribution in [3.05, 3.63) is 53.3 Å². The van der Waals surface area contributed by atoms with E-state index in [0.717, 1.165) is 16.4 Å². The molecule has 1 aliphatic heterocycles. The van der Waals surface area contributed by atoms with Crippen LogP contribution in [0.1, 0.15) is 11.1 Å². The Morgan fingerprint density at radius 1 is 1.10 bits per heavy atom. The molecule has 0 bridgehead atoms. The van der Waals surface area contributed by atoms with Crippen LogP contribution < -0.4 is 9.47 Å². The Bertz CT molecular complexity index is 712. The summed E-state index contributed by atoms with van der Waals surface area (Å²) in [5.41, 5.74) is 0.989. The summed E-state index contributed by atoms with van der Waals surface area (Å²) in [4.78, 5) is 0.973. The third-order valence-corrected chi connectivity index (χ3v) is 4.13. The number of hydrogen-bond donors (Lipinski definition) is 0. The lowest BCUT2D eigenvalue weighted by atomic mass is 10.1. The van der Waals surface area contributed by atoms with Gasteiger partial charge in [0.05, 0.1) is 11.6 Å². The highest BCUT2D eigenvalue weighted by atomic mass is 32.2. The highest BCUT2D eigenvalue weighted by Crippen LogP contribution is 2.35. The first kappa shape index (κ1) is 13.8. The largest absolute Gasteiger partial charge is 0.486 e. The molecule has 106 valence electrons. The van der Waals surface area contributed by atoms with Crippen molar-refractivity contribution in [2.45, 2.75) is 10.6 Å². The van der Waals surface area contributed by atoms with Crippen LogP contribution in [0.15, 0.2) is 41.3 Å². The van der Waals surface area contributed by atoms with Crippen molar-refractivity contribution in [2.24, 2.45) is 0 Å².